The molecule has 0 bridgehead atoms. The molecule has 1 saturated heterocycles. The van der Waals surface area contributed by atoms with Crippen molar-refractivity contribution < 1.29 is 14.6 Å². The van der Waals surface area contributed by atoms with E-state index in [4.69, 9.17) is 4.74 Å². The minimum atomic E-state index is -1.26. The Morgan fingerprint density at radius 3 is 2.57 bits per heavy atom. The molecule has 1 aromatic rings. The quantitative estimate of drug-likeness (QED) is 0.741. The fourth-order valence-electron chi connectivity index (χ4n) is 4.78. The molecule has 1 N–H and O–H groups in total. The maximum absolute atomic E-state index is 13.0. The molecule has 1 aromatic carbocycles. The van der Waals surface area contributed by atoms with Gasteiger partial charge in [0.1, 0.15) is 5.75 Å². The first-order valence-electron chi connectivity index (χ1n) is 10.8. The van der Waals surface area contributed by atoms with Gasteiger partial charge in [-0.3, -0.25) is 9.69 Å². The van der Waals surface area contributed by atoms with E-state index in [0.29, 0.717) is 19.5 Å². The normalized spacial score (nSPS) is 24.0. The molecule has 1 amide bonds. The molecular weight excluding hydrogens is 352 g/mol. The van der Waals surface area contributed by atoms with E-state index in [1.165, 1.54) is 32.1 Å². The Balaban J connectivity index is 1.52. The van der Waals surface area contributed by atoms with E-state index >= 15 is 0 Å². The number of likely N-dealkylation sites (N-methyl/N-ethyl adjacent to an activating group) is 1. The lowest BCUT2D eigenvalue weighted by Gasteiger charge is -2.40. The van der Waals surface area contributed by atoms with Gasteiger partial charge < -0.3 is 14.7 Å². The molecule has 28 heavy (non-hydrogen) atoms. The second-order valence-electron chi connectivity index (χ2n) is 8.74. The molecule has 3 rings (SSSR count). The number of methoxy groups -OCH3 is 1. The molecule has 5 heteroatoms. The lowest BCUT2D eigenvalue weighted by Crippen LogP contribution is -2.58. The molecule has 2 aliphatic rings. The topological polar surface area (TPSA) is 53.0 Å². The van der Waals surface area contributed by atoms with Crippen molar-refractivity contribution in [1.29, 1.82) is 0 Å². The van der Waals surface area contributed by atoms with Crippen LogP contribution in [0.25, 0.3) is 0 Å². The molecule has 1 aliphatic heterocycles. The standard InChI is InChI=1S/C23H36N2O3/c1-24(17-20-9-11-21(28-2)12-10-20)18-23(27)14-6-15-25(22(23)26)16-13-19-7-4-3-5-8-19/h9-12,19,27H,3-8,13-18H2,1-2H3/t23-/m0/s1. The zero-order valence-electron chi connectivity index (χ0n) is 17.5. The minimum absolute atomic E-state index is 0.0730. The number of nitrogens with zero attached hydrogens (tertiary/aromatic N) is 2. The van der Waals surface area contributed by atoms with E-state index in [2.05, 4.69) is 0 Å². The fourth-order valence-corrected chi connectivity index (χ4v) is 4.78. The Morgan fingerprint density at radius 1 is 1.18 bits per heavy atom. The van der Waals surface area contributed by atoms with E-state index in [9.17, 15) is 9.90 Å². The summed E-state index contributed by atoms with van der Waals surface area (Å²) in [6, 6.07) is 7.93. The molecule has 1 atom stereocenters. The van der Waals surface area contributed by atoms with Crippen LogP contribution in [0.2, 0.25) is 0 Å². The maximum atomic E-state index is 13.0. The highest BCUT2D eigenvalue weighted by Gasteiger charge is 2.42. The Bertz CT molecular complexity index is 627. The largest absolute Gasteiger partial charge is 0.497 e. The summed E-state index contributed by atoms with van der Waals surface area (Å²) in [5, 5.41) is 11.1. The molecule has 0 spiro atoms. The van der Waals surface area contributed by atoms with Crippen molar-refractivity contribution in [2.75, 3.05) is 33.8 Å². The van der Waals surface area contributed by atoms with Crippen molar-refractivity contribution in [3.8, 4) is 5.75 Å². The maximum Gasteiger partial charge on any atom is 0.255 e. The summed E-state index contributed by atoms with van der Waals surface area (Å²) >= 11 is 0. The van der Waals surface area contributed by atoms with Gasteiger partial charge in [0.05, 0.1) is 7.11 Å². The van der Waals surface area contributed by atoms with Crippen molar-refractivity contribution in [1.82, 2.24) is 9.80 Å². The van der Waals surface area contributed by atoms with Crippen molar-refractivity contribution in [2.45, 2.75) is 63.5 Å². The number of benzene rings is 1. The number of hydrogen-bond donors (Lipinski definition) is 1. The zero-order chi connectivity index (χ0) is 20.0. The third kappa shape index (κ3) is 5.48. The molecule has 1 aliphatic carbocycles. The van der Waals surface area contributed by atoms with Crippen LogP contribution >= 0.6 is 0 Å². The highest BCUT2D eigenvalue weighted by Crippen LogP contribution is 2.29. The van der Waals surface area contributed by atoms with Gasteiger partial charge in [0.25, 0.3) is 5.91 Å². The molecule has 5 nitrogen and oxygen atoms in total. The van der Waals surface area contributed by atoms with Crippen LogP contribution in [0.4, 0.5) is 0 Å². The SMILES string of the molecule is COc1ccc(CN(C)C[C@@]2(O)CCCN(CCC3CCCCC3)C2=O)cc1. The number of piperidine rings is 1. The molecule has 2 fully saturated rings. The molecule has 0 radical (unpaired) electrons. The summed E-state index contributed by atoms with van der Waals surface area (Å²) < 4.78 is 5.20. The molecular formula is C23H36N2O3. The Morgan fingerprint density at radius 2 is 1.89 bits per heavy atom. The smallest absolute Gasteiger partial charge is 0.255 e. The predicted molar refractivity (Wildman–Crippen MR) is 111 cm³/mol. The third-order valence-corrected chi connectivity index (χ3v) is 6.38. The molecule has 1 heterocycles. The second-order valence-corrected chi connectivity index (χ2v) is 8.74. The van der Waals surface area contributed by atoms with E-state index in [0.717, 1.165) is 43.2 Å². The number of rotatable bonds is 8. The third-order valence-electron chi connectivity index (χ3n) is 6.38. The van der Waals surface area contributed by atoms with Gasteiger partial charge in [0.2, 0.25) is 0 Å². The van der Waals surface area contributed by atoms with Crippen LogP contribution in [0.15, 0.2) is 24.3 Å². The van der Waals surface area contributed by atoms with Crippen LogP contribution in [0, 0.1) is 5.92 Å². The molecule has 0 unspecified atom stereocenters. The summed E-state index contributed by atoms with van der Waals surface area (Å²) in [4.78, 5) is 17.0. The highest BCUT2D eigenvalue weighted by molar-refractivity contribution is 5.86. The number of carbonyl (C=O) groups excluding carboxylic acids is 1. The summed E-state index contributed by atoms with van der Waals surface area (Å²) in [6.45, 7) is 2.66. The van der Waals surface area contributed by atoms with Crippen LogP contribution in [-0.4, -0.2) is 60.2 Å². The minimum Gasteiger partial charge on any atom is -0.497 e. The van der Waals surface area contributed by atoms with Gasteiger partial charge in [-0.15, -0.1) is 0 Å². The second kappa shape index (κ2) is 9.75. The number of likely N-dealkylation sites (tertiary alicyclic amines) is 1. The summed E-state index contributed by atoms with van der Waals surface area (Å²) in [5.74, 6) is 1.52. The van der Waals surface area contributed by atoms with E-state index in [1.54, 1.807) is 7.11 Å². The number of amides is 1. The average molecular weight is 389 g/mol. The number of hydrogen-bond acceptors (Lipinski definition) is 4. The molecule has 0 aromatic heterocycles. The van der Waals surface area contributed by atoms with Crippen LogP contribution < -0.4 is 4.74 Å². The monoisotopic (exact) mass is 388 g/mol. The Kier molecular flexibility index (Phi) is 7.36. The number of aliphatic hydroxyl groups is 1. The van der Waals surface area contributed by atoms with Gasteiger partial charge in [0.15, 0.2) is 5.60 Å². The lowest BCUT2D eigenvalue weighted by molar-refractivity contribution is -0.159. The van der Waals surface area contributed by atoms with Crippen LogP contribution in [0.1, 0.15) is 56.9 Å². The van der Waals surface area contributed by atoms with Gasteiger partial charge in [-0.25, -0.2) is 0 Å². The Hall–Kier alpha value is -1.59. The van der Waals surface area contributed by atoms with E-state index in [1.807, 2.05) is 41.1 Å². The molecule has 1 saturated carbocycles. The van der Waals surface area contributed by atoms with Crippen LogP contribution in [0.3, 0.4) is 0 Å². The molecule has 156 valence electrons. The first kappa shape index (κ1) is 21.1. The number of ether oxygens (including phenoxy) is 1. The van der Waals surface area contributed by atoms with Crippen molar-refractivity contribution in [3.05, 3.63) is 29.8 Å². The first-order valence-corrected chi connectivity index (χ1v) is 10.8. The van der Waals surface area contributed by atoms with Gasteiger partial charge >= 0.3 is 0 Å². The van der Waals surface area contributed by atoms with Gasteiger partial charge in [-0.2, -0.15) is 0 Å². The Labute approximate surface area is 169 Å². The zero-order valence-corrected chi connectivity index (χ0v) is 17.5. The fraction of sp³-hybridized carbons (Fsp3) is 0.696. The number of carbonyl (C=O) groups is 1. The lowest BCUT2D eigenvalue weighted by atomic mass is 9.86. The van der Waals surface area contributed by atoms with Crippen LogP contribution in [0.5, 0.6) is 5.75 Å². The first-order chi connectivity index (χ1) is 13.5. The van der Waals surface area contributed by atoms with Crippen molar-refractivity contribution in [3.63, 3.8) is 0 Å². The van der Waals surface area contributed by atoms with Crippen molar-refractivity contribution >= 4 is 5.91 Å². The van der Waals surface area contributed by atoms with E-state index in [-0.39, 0.29) is 5.91 Å². The van der Waals surface area contributed by atoms with Gasteiger partial charge in [0, 0.05) is 26.2 Å². The van der Waals surface area contributed by atoms with Crippen molar-refractivity contribution in [2.24, 2.45) is 5.92 Å². The van der Waals surface area contributed by atoms with Crippen LogP contribution in [-0.2, 0) is 11.3 Å². The summed E-state index contributed by atoms with van der Waals surface area (Å²) in [5.41, 5.74) is -0.115. The average Bonchev–Trinajstić information content (AvgIpc) is 2.70. The van der Waals surface area contributed by atoms with E-state index < -0.39 is 5.60 Å². The van der Waals surface area contributed by atoms with Gasteiger partial charge in [-0.05, 0) is 49.9 Å². The summed E-state index contributed by atoms with van der Waals surface area (Å²) in [6.07, 6.45) is 9.15. The predicted octanol–water partition coefficient (Wildman–Crippen LogP) is 3.45. The highest BCUT2D eigenvalue weighted by atomic mass is 16.5. The summed E-state index contributed by atoms with van der Waals surface area (Å²) in [7, 11) is 3.63. The van der Waals surface area contributed by atoms with Gasteiger partial charge in [-0.1, -0.05) is 44.2 Å².